The molecule has 0 aliphatic carbocycles. The van der Waals surface area contributed by atoms with Crippen molar-refractivity contribution < 1.29 is 0 Å². The Bertz CT molecular complexity index is 953. The monoisotopic (exact) mass is 281 g/mol. The van der Waals surface area contributed by atoms with E-state index < -0.39 is 0 Å². The number of hydrogen-bond donors (Lipinski definition) is 0. The van der Waals surface area contributed by atoms with E-state index in [0.29, 0.717) is 11.0 Å². The maximum absolute atomic E-state index is 12.3. The second-order valence-corrected chi connectivity index (χ2v) is 5.09. The summed E-state index contributed by atoms with van der Waals surface area (Å²) in [5.74, 6) is 0. The highest BCUT2D eigenvalue weighted by Crippen LogP contribution is 2.23. The third kappa shape index (κ3) is 1.98. The Morgan fingerprint density at radius 2 is 1.67 bits per heavy atom. The minimum atomic E-state index is -0.370. The zero-order valence-electron chi connectivity index (χ0n) is 12.1. The number of benzene rings is 1. The van der Waals surface area contributed by atoms with Gasteiger partial charge in [0.05, 0.1) is 11.2 Å². The molecule has 0 amide bonds. The van der Waals surface area contributed by atoms with E-state index in [4.69, 9.17) is 0 Å². The summed E-state index contributed by atoms with van der Waals surface area (Å²) in [6.45, 7) is 1.93. The van der Waals surface area contributed by atoms with Gasteiger partial charge in [0.1, 0.15) is 0 Å². The van der Waals surface area contributed by atoms with Crippen molar-refractivity contribution in [3.8, 4) is 11.3 Å². The van der Waals surface area contributed by atoms with Gasteiger partial charge in [-0.25, -0.2) is 9.78 Å². The van der Waals surface area contributed by atoms with E-state index in [1.54, 1.807) is 7.05 Å². The van der Waals surface area contributed by atoms with Gasteiger partial charge in [-0.3, -0.25) is 13.9 Å². The first kappa shape index (κ1) is 13.3. The molecule has 0 aliphatic rings. The third-order valence-electron chi connectivity index (χ3n) is 3.68. The molecule has 0 aliphatic heterocycles. The normalized spacial score (nSPS) is 11.0. The summed E-state index contributed by atoms with van der Waals surface area (Å²) in [5, 5.41) is 0. The van der Waals surface area contributed by atoms with Gasteiger partial charge in [-0.15, -0.1) is 0 Å². The molecule has 0 atom stereocenters. The summed E-state index contributed by atoms with van der Waals surface area (Å²) < 4.78 is 2.53. The van der Waals surface area contributed by atoms with Crippen molar-refractivity contribution in [3.05, 3.63) is 62.8 Å². The second-order valence-electron chi connectivity index (χ2n) is 5.09. The highest BCUT2D eigenvalue weighted by atomic mass is 16.2. The Morgan fingerprint density at radius 1 is 1.00 bits per heavy atom. The van der Waals surface area contributed by atoms with Crippen LogP contribution in [-0.2, 0) is 14.1 Å². The first-order chi connectivity index (χ1) is 10.0. The molecule has 3 aromatic rings. The maximum atomic E-state index is 12.3. The smallest absolute Gasteiger partial charge is 0.295 e. The molecule has 106 valence electrons. The van der Waals surface area contributed by atoms with Crippen LogP contribution in [-0.4, -0.2) is 14.1 Å². The molecule has 1 aromatic carbocycles. The van der Waals surface area contributed by atoms with Crippen LogP contribution >= 0.6 is 0 Å². The van der Waals surface area contributed by atoms with Crippen molar-refractivity contribution in [1.29, 1.82) is 0 Å². The number of hydrogen-bond acceptors (Lipinski definition) is 3. The molecular weight excluding hydrogens is 266 g/mol. The van der Waals surface area contributed by atoms with Crippen molar-refractivity contribution in [2.45, 2.75) is 6.92 Å². The Hall–Kier alpha value is -2.69. The number of aryl methyl sites for hydroxylation is 2. The van der Waals surface area contributed by atoms with Crippen LogP contribution < -0.4 is 11.2 Å². The molecular formula is C16H15N3O2. The molecule has 5 nitrogen and oxygen atoms in total. The highest BCUT2D eigenvalue weighted by molar-refractivity contribution is 5.79. The lowest BCUT2D eigenvalue weighted by Gasteiger charge is -2.11. The van der Waals surface area contributed by atoms with E-state index in [2.05, 4.69) is 4.98 Å². The fourth-order valence-electron chi connectivity index (χ4n) is 2.47. The predicted octanol–water partition coefficient (Wildman–Crippen LogP) is 1.61. The van der Waals surface area contributed by atoms with Crippen LogP contribution in [0.25, 0.3) is 22.3 Å². The molecule has 0 fully saturated rings. The molecule has 0 spiro atoms. The number of fused-ring (bicyclic) bond motifs is 1. The van der Waals surface area contributed by atoms with Crippen LogP contribution in [0.1, 0.15) is 5.56 Å². The summed E-state index contributed by atoms with van der Waals surface area (Å²) in [4.78, 5) is 28.8. The van der Waals surface area contributed by atoms with Crippen LogP contribution in [0.2, 0.25) is 0 Å². The number of rotatable bonds is 1. The molecule has 0 bridgehead atoms. The molecule has 0 unspecified atom stereocenters. The van der Waals surface area contributed by atoms with Gasteiger partial charge in [-0.1, -0.05) is 30.3 Å². The zero-order valence-corrected chi connectivity index (χ0v) is 12.1. The van der Waals surface area contributed by atoms with Crippen molar-refractivity contribution in [2.24, 2.45) is 14.1 Å². The average Bonchev–Trinajstić information content (AvgIpc) is 2.51. The first-order valence-electron chi connectivity index (χ1n) is 6.63. The highest BCUT2D eigenvalue weighted by Gasteiger charge is 2.13. The minimum absolute atomic E-state index is 0.309. The van der Waals surface area contributed by atoms with Gasteiger partial charge in [0.25, 0.3) is 5.56 Å². The lowest BCUT2D eigenvalue weighted by Crippen LogP contribution is -2.37. The van der Waals surface area contributed by atoms with Gasteiger partial charge in [-0.2, -0.15) is 0 Å². The topological polar surface area (TPSA) is 56.9 Å². The first-order valence-corrected chi connectivity index (χ1v) is 6.63. The van der Waals surface area contributed by atoms with Gasteiger partial charge in [0.15, 0.2) is 5.52 Å². The fourth-order valence-corrected chi connectivity index (χ4v) is 2.47. The summed E-state index contributed by atoms with van der Waals surface area (Å²) in [6, 6.07) is 11.5. The molecule has 5 heteroatoms. The SMILES string of the molecule is Cc1cc2c(nc1-c1ccccc1)c(=O)n(C)c(=O)n2C. The van der Waals surface area contributed by atoms with Gasteiger partial charge >= 0.3 is 5.69 Å². The Morgan fingerprint density at radius 3 is 2.33 bits per heavy atom. The van der Waals surface area contributed by atoms with E-state index in [9.17, 15) is 9.59 Å². The van der Waals surface area contributed by atoms with Crippen molar-refractivity contribution in [3.63, 3.8) is 0 Å². The van der Waals surface area contributed by atoms with Crippen LogP contribution in [0, 0.1) is 6.92 Å². The molecule has 21 heavy (non-hydrogen) atoms. The molecule has 0 N–H and O–H groups in total. The van der Waals surface area contributed by atoms with E-state index in [1.807, 2.05) is 43.3 Å². The lowest BCUT2D eigenvalue weighted by atomic mass is 10.1. The van der Waals surface area contributed by atoms with Crippen molar-refractivity contribution in [2.75, 3.05) is 0 Å². The zero-order chi connectivity index (χ0) is 15.1. The molecule has 3 rings (SSSR count). The Labute approximate surface area is 121 Å². The largest absolute Gasteiger partial charge is 0.331 e. The second kappa shape index (κ2) is 4.70. The van der Waals surface area contributed by atoms with Gasteiger partial charge in [0.2, 0.25) is 0 Å². The van der Waals surface area contributed by atoms with Gasteiger partial charge in [-0.05, 0) is 18.6 Å². The van der Waals surface area contributed by atoms with Crippen LogP contribution in [0.15, 0.2) is 46.0 Å². The molecule has 0 radical (unpaired) electrons. The molecule has 0 saturated heterocycles. The quantitative estimate of drug-likeness (QED) is 0.681. The van der Waals surface area contributed by atoms with Crippen molar-refractivity contribution >= 4 is 11.0 Å². The average molecular weight is 281 g/mol. The van der Waals surface area contributed by atoms with Crippen LogP contribution in [0.3, 0.4) is 0 Å². The van der Waals surface area contributed by atoms with E-state index in [0.717, 1.165) is 21.4 Å². The standard InChI is InChI=1S/C16H15N3O2/c1-10-9-12-14(15(20)19(3)16(21)18(12)2)17-13(10)11-7-5-4-6-8-11/h4-9H,1-3H3. The van der Waals surface area contributed by atoms with E-state index in [1.165, 1.54) is 11.6 Å². The van der Waals surface area contributed by atoms with E-state index >= 15 is 0 Å². The Balaban J connectivity index is 2.45. The van der Waals surface area contributed by atoms with Gasteiger partial charge in [0, 0.05) is 19.7 Å². The number of nitrogens with zero attached hydrogens (tertiary/aromatic N) is 3. The number of aromatic nitrogens is 3. The summed E-state index contributed by atoms with van der Waals surface area (Å²) in [7, 11) is 3.11. The van der Waals surface area contributed by atoms with Crippen LogP contribution in [0.4, 0.5) is 0 Å². The number of pyridine rings is 1. The van der Waals surface area contributed by atoms with Gasteiger partial charge < -0.3 is 0 Å². The fraction of sp³-hybridized carbons (Fsp3) is 0.188. The lowest BCUT2D eigenvalue weighted by molar-refractivity contribution is 0.710. The maximum Gasteiger partial charge on any atom is 0.331 e. The van der Waals surface area contributed by atoms with Crippen LogP contribution in [0.5, 0.6) is 0 Å². The molecule has 2 heterocycles. The van der Waals surface area contributed by atoms with E-state index in [-0.39, 0.29) is 11.2 Å². The third-order valence-corrected chi connectivity index (χ3v) is 3.68. The predicted molar refractivity (Wildman–Crippen MR) is 82.4 cm³/mol. The molecule has 2 aromatic heterocycles. The Kier molecular flexibility index (Phi) is 2.97. The summed E-state index contributed by atoms with van der Waals surface area (Å²) in [5.41, 5.74) is 2.79. The van der Waals surface area contributed by atoms with Crippen molar-refractivity contribution in [1.82, 2.24) is 14.1 Å². The minimum Gasteiger partial charge on any atom is -0.295 e. The summed E-state index contributed by atoms with van der Waals surface area (Å²) in [6.07, 6.45) is 0. The molecule has 0 saturated carbocycles. The summed E-state index contributed by atoms with van der Waals surface area (Å²) >= 11 is 0.